The quantitative estimate of drug-likeness (QED) is 0.868. The number of aromatic nitrogens is 1. The first-order valence-electron chi connectivity index (χ1n) is 7.92. The summed E-state index contributed by atoms with van der Waals surface area (Å²) in [7, 11) is 0. The topological polar surface area (TPSA) is 72.4 Å². The lowest BCUT2D eigenvalue weighted by molar-refractivity contribution is 0.0751. The number of carbonyl (C=O) groups is 1. The Morgan fingerprint density at radius 1 is 1.21 bits per heavy atom. The summed E-state index contributed by atoms with van der Waals surface area (Å²) >= 11 is 0. The second kappa shape index (κ2) is 8.85. The highest BCUT2D eigenvalue weighted by atomic mass is 35.5. The molecule has 1 aromatic heterocycles. The molecular weight excluding hydrogens is 326 g/mol. The Labute approximate surface area is 149 Å². The smallest absolute Gasteiger partial charge is 0.276 e. The highest BCUT2D eigenvalue weighted by Crippen LogP contribution is 2.23. The van der Waals surface area contributed by atoms with Crippen LogP contribution in [0.5, 0.6) is 0 Å². The molecule has 0 aliphatic carbocycles. The van der Waals surface area contributed by atoms with Crippen LogP contribution >= 0.6 is 12.4 Å². The van der Waals surface area contributed by atoms with Crippen LogP contribution < -0.4 is 5.73 Å². The van der Waals surface area contributed by atoms with Crippen molar-refractivity contribution in [3.8, 4) is 0 Å². The van der Waals surface area contributed by atoms with Crippen LogP contribution in [-0.2, 0) is 11.8 Å². The zero-order chi connectivity index (χ0) is 16.9. The Balaban J connectivity index is 0.00000288. The van der Waals surface area contributed by atoms with E-state index < -0.39 is 0 Å². The van der Waals surface area contributed by atoms with Crippen LogP contribution in [0.2, 0.25) is 0 Å². The van der Waals surface area contributed by atoms with E-state index in [9.17, 15) is 4.79 Å². The van der Waals surface area contributed by atoms with E-state index in [2.05, 4.69) is 17.3 Å². The standard InChI is InChI=1S/C18H25N3O2.ClH/c1-18(2,3)16-13-15(20-23-16)17(22)21(12-10-19)11-9-14-7-5-4-6-8-14;/h4-8,13H,9-12,19H2,1-3H3;1H. The first kappa shape index (κ1) is 20.2. The molecule has 132 valence electrons. The van der Waals surface area contributed by atoms with E-state index in [1.54, 1.807) is 11.0 Å². The number of hydrogen-bond donors (Lipinski definition) is 1. The van der Waals surface area contributed by atoms with Gasteiger partial charge in [-0.3, -0.25) is 4.79 Å². The lowest BCUT2D eigenvalue weighted by atomic mass is 9.93. The van der Waals surface area contributed by atoms with Crippen LogP contribution in [0.3, 0.4) is 0 Å². The highest BCUT2D eigenvalue weighted by molar-refractivity contribution is 5.92. The minimum absolute atomic E-state index is 0. The van der Waals surface area contributed by atoms with Gasteiger partial charge >= 0.3 is 0 Å². The first-order chi connectivity index (χ1) is 10.9. The van der Waals surface area contributed by atoms with E-state index in [0.717, 1.165) is 6.42 Å². The van der Waals surface area contributed by atoms with Gasteiger partial charge in [-0.1, -0.05) is 56.3 Å². The predicted octanol–water partition coefficient (Wildman–Crippen LogP) is 3.04. The van der Waals surface area contributed by atoms with E-state index in [4.69, 9.17) is 10.3 Å². The second-order valence-electron chi connectivity index (χ2n) is 6.64. The highest BCUT2D eigenvalue weighted by Gasteiger charge is 2.24. The molecule has 5 nitrogen and oxygen atoms in total. The van der Waals surface area contributed by atoms with Crippen molar-refractivity contribution in [1.82, 2.24) is 10.1 Å². The molecule has 1 amide bonds. The number of carbonyl (C=O) groups excluding carboxylic acids is 1. The summed E-state index contributed by atoms with van der Waals surface area (Å²) in [6, 6.07) is 11.8. The number of halogens is 1. The Hall–Kier alpha value is -1.85. The van der Waals surface area contributed by atoms with Crippen molar-refractivity contribution in [1.29, 1.82) is 0 Å². The summed E-state index contributed by atoms with van der Waals surface area (Å²) in [5, 5.41) is 3.93. The van der Waals surface area contributed by atoms with Gasteiger partial charge in [0.2, 0.25) is 0 Å². The SMILES string of the molecule is CC(C)(C)c1cc(C(=O)N(CCN)CCc2ccccc2)no1.Cl. The van der Waals surface area contributed by atoms with Gasteiger partial charge in [0, 0.05) is 31.1 Å². The molecule has 0 radical (unpaired) electrons. The van der Waals surface area contributed by atoms with E-state index in [1.165, 1.54) is 5.56 Å². The monoisotopic (exact) mass is 351 g/mol. The van der Waals surface area contributed by atoms with Crippen molar-refractivity contribution in [2.45, 2.75) is 32.6 Å². The molecule has 1 aromatic carbocycles. The van der Waals surface area contributed by atoms with Gasteiger partial charge in [0.25, 0.3) is 5.91 Å². The molecule has 24 heavy (non-hydrogen) atoms. The largest absolute Gasteiger partial charge is 0.360 e. The molecule has 0 fully saturated rings. The van der Waals surface area contributed by atoms with Crippen LogP contribution in [0.25, 0.3) is 0 Å². The minimum Gasteiger partial charge on any atom is -0.360 e. The number of nitrogens with two attached hydrogens (primary N) is 1. The van der Waals surface area contributed by atoms with Crippen LogP contribution in [0.4, 0.5) is 0 Å². The Kier molecular flexibility index (Phi) is 7.45. The maximum absolute atomic E-state index is 12.6. The fourth-order valence-electron chi connectivity index (χ4n) is 2.27. The van der Waals surface area contributed by atoms with Gasteiger partial charge < -0.3 is 15.2 Å². The molecule has 2 aromatic rings. The predicted molar refractivity (Wildman–Crippen MR) is 97.6 cm³/mol. The normalized spacial score (nSPS) is 11.0. The number of benzene rings is 1. The molecule has 6 heteroatoms. The average Bonchev–Trinajstić information content (AvgIpc) is 3.02. The van der Waals surface area contributed by atoms with Crippen molar-refractivity contribution >= 4 is 18.3 Å². The molecule has 2 rings (SSSR count). The van der Waals surface area contributed by atoms with E-state index >= 15 is 0 Å². The fourth-order valence-corrected chi connectivity index (χ4v) is 2.27. The van der Waals surface area contributed by atoms with Crippen LogP contribution in [0.1, 0.15) is 42.6 Å². The van der Waals surface area contributed by atoms with E-state index in [1.807, 2.05) is 39.0 Å². The number of amides is 1. The summed E-state index contributed by atoms with van der Waals surface area (Å²) < 4.78 is 5.31. The van der Waals surface area contributed by atoms with Crippen molar-refractivity contribution in [2.24, 2.45) is 5.73 Å². The van der Waals surface area contributed by atoms with Gasteiger partial charge in [0.1, 0.15) is 5.76 Å². The van der Waals surface area contributed by atoms with Crippen LogP contribution in [-0.4, -0.2) is 35.6 Å². The average molecular weight is 352 g/mol. The third-order valence-electron chi connectivity index (χ3n) is 3.67. The van der Waals surface area contributed by atoms with Crippen molar-refractivity contribution in [3.63, 3.8) is 0 Å². The Bertz CT molecular complexity index is 635. The zero-order valence-corrected chi connectivity index (χ0v) is 15.3. The van der Waals surface area contributed by atoms with Gasteiger partial charge in [0.05, 0.1) is 0 Å². The number of rotatable bonds is 6. The lowest BCUT2D eigenvalue weighted by Gasteiger charge is -2.20. The minimum atomic E-state index is -0.172. The maximum Gasteiger partial charge on any atom is 0.276 e. The van der Waals surface area contributed by atoms with E-state index in [-0.39, 0.29) is 23.7 Å². The zero-order valence-electron chi connectivity index (χ0n) is 14.5. The Morgan fingerprint density at radius 2 is 1.88 bits per heavy atom. The number of hydrogen-bond acceptors (Lipinski definition) is 4. The van der Waals surface area contributed by atoms with Gasteiger partial charge in [-0.2, -0.15) is 0 Å². The first-order valence-corrected chi connectivity index (χ1v) is 7.92. The molecule has 0 saturated carbocycles. The summed E-state index contributed by atoms with van der Waals surface area (Å²) in [6.07, 6.45) is 0.788. The van der Waals surface area contributed by atoms with Crippen LogP contribution in [0.15, 0.2) is 40.9 Å². The lowest BCUT2D eigenvalue weighted by Crippen LogP contribution is -2.37. The molecule has 1 heterocycles. The van der Waals surface area contributed by atoms with Gasteiger partial charge in [-0.15, -0.1) is 12.4 Å². The Morgan fingerprint density at radius 3 is 2.42 bits per heavy atom. The molecule has 0 spiro atoms. The summed E-state index contributed by atoms with van der Waals surface area (Å²) in [5.74, 6) is 0.572. The third kappa shape index (κ3) is 5.35. The van der Waals surface area contributed by atoms with Crippen molar-refractivity contribution in [2.75, 3.05) is 19.6 Å². The van der Waals surface area contributed by atoms with Gasteiger partial charge in [0.15, 0.2) is 5.69 Å². The fraction of sp³-hybridized carbons (Fsp3) is 0.444. The molecule has 0 unspecified atom stereocenters. The molecule has 0 bridgehead atoms. The van der Waals surface area contributed by atoms with E-state index in [0.29, 0.717) is 31.1 Å². The molecule has 0 saturated heterocycles. The molecule has 0 aliphatic rings. The van der Waals surface area contributed by atoms with Crippen molar-refractivity contribution < 1.29 is 9.32 Å². The summed E-state index contributed by atoms with van der Waals surface area (Å²) in [5.41, 5.74) is 7.02. The molecule has 0 aliphatic heterocycles. The number of nitrogens with zero attached hydrogens (tertiary/aromatic N) is 2. The van der Waals surface area contributed by atoms with Gasteiger partial charge in [-0.25, -0.2) is 0 Å². The maximum atomic E-state index is 12.6. The van der Waals surface area contributed by atoms with Gasteiger partial charge in [-0.05, 0) is 12.0 Å². The molecule has 2 N–H and O–H groups in total. The second-order valence-corrected chi connectivity index (χ2v) is 6.64. The summed E-state index contributed by atoms with van der Waals surface area (Å²) in [6.45, 7) is 7.60. The molecule has 0 atom stereocenters. The van der Waals surface area contributed by atoms with Crippen molar-refractivity contribution in [3.05, 3.63) is 53.4 Å². The van der Waals surface area contributed by atoms with Crippen LogP contribution in [0, 0.1) is 0 Å². The third-order valence-corrected chi connectivity index (χ3v) is 3.67. The summed E-state index contributed by atoms with van der Waals surface area (Å²) in [4.78, 5) is 14.4. The molecular formula is C18H26ClN3O2.